The Labute approximate surface area is 762 Å². The topological polar surface area (TPSA) is 661 Å². The fourth-order valence-electron chi connectivity index (χ4n) is 14.4. The summed E-state index contributed by atoms with van der Waals surface area (Å²) in [5.74, 6) is -29.8. The Kier molecular flexibility index (Phi) is 48.9. The first-order valence-electron chi connectivity index (χ1n) is 43.7. The van der Waals surface area contributed by atoms with Crippen molar-refractivity contribution in [1.82, 2.24) is 52.8 Å². The number of unbranched alkanes of at least 4 members (excludes halogenated alkanes) is 1. The lowest BCUT2D eigenvalue weighted by molar-refractivity contribution is -0.143. The number of Topliss-reactive ketones (excluding diaryl/α,β-unsaturated/α-hetero) is 6. The number of aromatic hydroxyl groups is 2. The van der Waals surface area contributed by atoms with Gasteiger partial charge < -0.3 is 99.5 Å². The third-order valence-electron chi connectivity index (χ3n) is 22.2. The quantitative estimate of drug-likeness (QED) is 0.0349. The van der Waals surface area contributed by atoms with Crippen LogP contribution in [0.25, 0.3) is 0 Å². The van der Waals surface area contributed by atoms with Gasteiger partial charge in [-0.05, 0) is 131 Å². The highest BCUT2D eigenvalue weighted by molar-refractivity contribution is 8.14. The highest BCUT2D eigenvalue weighted by Gasteiger charge is 2.41. The van der Waals surface area contributed by atoms with E-state index in [-0.39, 0.29) is 86.8 Å². The van der Waals surface area contributed by atoms with Crippen LogP contribution in [0.15, 0.2) is 78.9 Å². The number of ketones is 6. The van der Waals surface area contributed by atoms with Gasteiger partial charge in [0.25, 0.3) is 5.24 Å². The summed E-state index contributed by atoms with van der Waals surface area (Å²) >= 11 is 0.824. The van der Waals surface area contributed by atoms with Gasteiger partial charge >= 0.3 is 17.9 Å². The molecule has 4 rings (SSSR count). The number of aliphatic hydroxyl groups excluding tert-OH is 4. The van der Waals surface area contributed by atoms with E-state index in [1.807, 2.05) is 0 Å². The number of amides is 11. The lowest BCUT2D eigenvalue weighted by Gasteiger charge is -2.28. The van der Waals surface area contributed by atoms with E-state index < -0.39 is 303 Å². The molecule has 1 aliphatic rings. The second-order valence-corrected chi connectivity index (χ2v) is 34.5. The van der Waals surface area contributed by atoms with Gasteiger partial charge in [0.05, 0.1) is 104 Å². The molecule has 0 aromatic heterocycles. The van der Waals surface area contributed by atoms with Gasteiger partial charge in [0, 0.05) is 82.8 Å². The predicted molar refractivity (Wildman–Crippen MR) is 472 cm³/mol. The van der Waals surface area contributed by atoms with E-state index in [4.69, 9.17) is 5.73 Å². The van der Waals surface area contributed by atoms with Gasteiger partial charge in [0.15, 0.2) is 34.7 Å². The van der Waals surface area contributed by atoms with E-state index in [1.165, 1.54) is 48.5 Å². The molecular weight excluding hydrogens is 1730 g/mol. The monoisotopic (exact) mass is 1860 g/mol. The number of rotatable bonds is 65. The zero-order chi connectivity index (χ0) is 97.9. The molecule has 1 aliphatic heterocycles. The van der Waals surface area contributed by atoms with Gasteiger partial charge in [-0.1, -0.05) is 107 Å². The van der Waals surface area contributed by atoms with E-state index in [1.54, 1.807) is 65.0 Å². The van der Waals surface area contributed by atoms with E-state index in [2.05, 4.69) is 47.9 Å². The normalized spacial score (nSPS) is 15.6. The number of imide groups is 1. The van der Waals surface area contributed by atoms with Crippen molar-refractivity contribution in [1.29, 1.82) is 0 Å². The minimum atomic E-state index is -2.00. The van der Waals surface area contributed by atoms with Crippen LogP contribution >= 0.6 is 11.8 Å². The van der Waals surface area contributed by atoms with E-state index in [0.29, 0.717) is 36.9 Å². The first-order valence-corrected chi connectivity index (χ1v) is 44.7. The second kappa shape index (κ2) is 57.4. The van der Waals surface area contributed by atoms with E-state index in [9.17, 15) is 142 Å². The average Bonchev–Trinajstić information content (AvgIpc) is 1.01. The Morgan fingerprint density at radius 1 is 0.443 bits per heavy atom. The first kappa shape index (κ1) is 112. The molecule has 16 atom stereocenters. The first-order chi connectivity index (χ1) is 61.9. The van der Waals surface area contributed by atoms with Crippen molar-refractivity contribution >= 4 is 129 Å². The number of benzene rings is 3. The Hall–Kier alpha value is -11.8. The zero-order valence-corrected chi connectivity index (χ0v) is 75.6. The molecular formula is C90H127N11O29S. The Bertz CT molecular complexity index is 4400. The SMILES string of the molecule is CC[C@H](C)[C@H](NC(=O)[C@H](CO)CC(=O)[C@H](Cc1ccc(O)cc1)NC(=O)[C@H](CC(=O)O)CC(=O)[C@H](CO)NC(=O)[C@@H](CC(=O)[C@H](Cc1ccccc1)NC(=O)[C@@H](CC(=O)CNC(=O)[C@H](CCC(=O)O)NC(=O)CCCC(=O)NCCN1C(=O)CSC1=O)[C@@H](C)O)[C@@H](C)O)C(=O)C[C@@H](Cc1ccc(O)cc1)C(=O)N[C@@H](CC(C)C)C(=O)C[C@@H](CC(=O)O)C(=O)N[C@H](C)CCCCN. The summed E-state index contributed by atoms with van der Waals surface area (Å²) in [6, 6.07) is 8.79. The number of thioether (sulfide) groups is 1. The second-order valence-electron chi connectivity index (χ2n) is 33.6. The van der Waals surface area contributed by atoms with E-state index in [0.717, 1.165) is 30.5 Å². The fraction of sp³-hybridized carbons (Fsp3) is 0.578. The molecule has 1 saturated heterocycles. The maximum atomic E-state index is 14.8. The van der Waals surface area contributed by atoms with Gasteiger partial charge in [-0.2, -0.15) is 0 Å². The highest BCUT2D eigenvalue weighted by Crippen LogP contribution is 2.27. The molecule has 20 N–H and O–H groups in total. The van der Waals surface area contributed by atoms with Gasteiger partial charge in [-0.3, -0.25) is 101 Å². The number of hydrogen-bond acceptors (Lipinski definition) is 28. The standard InChI is InChI=1S/C90H127N11O29S/c1-8-50(4)82(75(113)39-57(34-55-20-24-61(106)25-21-55)84(124)96-67(33-49(2)3)71(109)37-58(41-80(119)120)83(123)94-51(5)15-12-13-30-91)100-86(126)60(46-102)40-72(110)68(36-56-22-26-62(107)27-23-56)97-85(125)59(42-81(121)122)38-73(111)70(47-103)99-88(128)65(53(7)105)44-74(112)69(35-54-16-10-9-11-17-54)98-87(127)64(52(6)104)43-63(108)45-93-89(129)66(28-29-79(117)118)95-77(115)19-14-18-76(114)92-31-32-101-78(116)48-131-90(101)130/h9-11,16-17,20-27,49-53,57-60,64-70,82,102-107H,8,12-15,18-19,28-48,91H2,1-7H3,(H,92,114)(H,93,129)(H,94,123)(H,95,115)(H,96,124)(H,97,125)(H,98,127)(H,99,128)(H,100,126)(H,117,118)(H,119,120)(H,121,122)/t50-,51+,52+,53+,57+,58-,59-,60-,64-,65-,66-,67-,68-,69-,70-,82-/m0/s1. The number of hydrogen-bond donors (Lipinski definition) is 19. The molecule has 1 fully saturated rings. The minimum absolute atomic E-state index is 0.0152. The molecule has 0 saturated carbocycles. The van der Waals surface area contributed by atoms with Gasteiger partial charge in [-0.15, -0.1) is 0 Å². The number of carboxylic acid groups (broad SMARTS) is 3. The average molecular weight is 1860 g/mol. The van der Waals surface area contributed by atoms with Crippen LogP contribution in [-0.4, -0.2) is 267 Å². The van der Waals surface area contributed by atoms with E-state index >= 15 is 0 Å². The lowest BCUT2D eigenvalue weighted by Crippen LogP contribution is -2.52. The number of aliphatic carboxylic acids is 3. The molecule has 0 bridgehead atoms. The van der Waals surface area contributed by atoms with Crippen molar-refractivity contribution in [3.63, 3.8) is 0 Å². The number of nitrogens with zero attached hydrogens (tertiary/aromatic N) is 1. The van der Waals surface area contributed by atoms with Crippen LogP contribution in [0.5, 0.6) is 11.5 Å². The molecule has 41 heteroatoms. The Morgan fingerprint density at radius 3 is 1.43 bits per heavy atom. The molecule has 40 nitrogen and oxygen atoms in total. The molecule has 11 amide bonds. The third kappa shape index (κ3) is 40.6. The highest BCUT2D eigenvalue weighted by atomic mass is 32.2. The van der Waals surface area contributed by atoms with Crippen molar-refractivity contribution in [2.45, 2.75) is 238 Å². The van der Waals surface area contributed by atoms with Gasteiger partial charge in [-0.25, -0.2) is 0 Å². The fourth-order valence-corrected chi connectivity index (χ4v) is 15.2. The van der Waals surface area contributed by atoms with Crippen molar-refractivity contribution in [2.75, 3.05) is 45.1 Å². The molecule has 3 aromatic carbocycles. The van der Waals surface area contributed by atoms with Crippen LogP contribution in [0.4, 0.5) is 4.79 Å². The molecule has 722 valence electrons. The summed E-state index contributed by atoms with van der Waals surface area (Å²) < 4.78 is 0. The maximum absolute atomic E-state index is 14.8. The number of carboxylic acids is 3. The Morgan fingerprint density at radius 2 is 0.916 bits per heavy atom. The number of aliphatic hydroxyl groups is 4. The summed E-state index contributed by atoms with van der Waals surface area (Å²) in [6.07, 6.45) is -10.6. The van der Waals surface area contributed by atoms with Crippen LogP contribution in [0.1, 0.15) is 181 Å². The van der Waals surface area contributed by atoms with Crippen LogP contribution < -0.4 is 53.6 Å². The molecule has 0 aliphatic carbocycles. The van der Waals surface area contributed by atoms with Crippen molar-refractivity contribution < 1.29 is 142 Å². The molecule has 0 spiro atoms. The lowest BCUT2D eigenvalue weighted by atomic mass is 9.85. The number of carbonyl (C=O) groups excluding carboxylic acids is 17. The molecule has 131 heavy (non-hydrogen) atoms. The molecule has 0 radical (unpaired) electrons. The van der Waals surface area contributed by atoms with Crippen LogP contribution in [0.3, 0.4) is 0 Å². The summed E-state index contributed by atoms with van der Waals surface area (Å²) in [5, 5.41) is 115. The smallest absolute Gasteiger partial charge is 0.304 e. The number of nitrogens with one attached hydrogen (secondary N) is 9. The van der Waals surface area contributed by atoms with Crippen molar-refractivity contribution in [2.24, 2.45) is 53.1 Å². The molecule has 3 aromatic rings. The van der Waals surface area contributed by atoms with Crippen LogP contribution in [0, 0.1) is 47.3 Å². The van der Waals surface area contributed by atoms with Gasteiger partial charge in [0.1, 0.15) is 23.6 Å². The van der Waals surface area contributed by atoms with Crippen molar-refractivity contribution in [3.8, 4) is 11.5 Å². The molecule has 0 unspecified atom stereocenters. The van der Waals surface area contributed by atoms with Crippen LogP contribution in [-0.2, 0) is 110 Å². The number of phenolic OH excluding ortho intramolecular Hbond substituents is 2. The summed E-state index contributed by atoms with van der Waals surface area (Å²) in [6.45, 7) is 7.94. The number of carbonyl (C=O) groups is 20. The predicted octanol–water partition coefficient (Wildman–Crippen LogP) is 0.871. The number of phenols is 2. The third-order valence-corrected chi connectivity index (χ3v) is 23.1. The Balaban J connectivity index is 1.53. The zero-order valence-electron chi connectivity index (χ0n) is 74.7. The van der Waals surface area contributed by atoms with Crippen molar-refractivity contribution in [3.05, 3.63) is 95.6 Å². The molecule has 1 heterocycles. The minimum Gasteiger partial charge on any atom is -0.508 e. The summed E-state index contributed by atoms with van der Waals surface area (Å²) in [7, 11) is 0. The maximum Gasteiger partial charge on any atom is 0.304 e. The number of nitrogens with two attached hydrogens (primary N) is 1. The summed E-state index contributed by atoms with van der Waals surface area (Å²) in [5.41, 5.74) is 6.75. The largest absolute Gasteiger partial charge is 0.508 e. The van der Waals surface area contributed by atoms with Crippen LogP contribution in [0.2, 0.25) is 0 Å². The summed E-state index contributed by atoms with van der Waals surface area (Å²) in [4.78, 5) is 271. The van der Waals surface area contributed by atoms with Gasteiger partial charge in [0.2, 0.25) is 59.1 Å².